The fourth-order valence-corrected chi connectivity index (χ4v) is 4.98. The summed E-state index contributed by atoms with van der Waals surface area (Å²) in [6.07, 6.45) is 2.29. The molecule has 1 atom stereocenters. The highest BCUT2D eigenvalue weighted by molar-refractivity contribution is 8.00. The molecule has 1 unspecified atom stereocenters. The molecular formula is C19H16N2O3S2. The van der Waals surface area contributed by atoms with Crippen molar-refractivity contribution in [1.82, 2.24) is 9.55 Å². The lowest BCUT2D eigenvalue weighted by molar-refractivity contribution is -0.137. The lowest BCUT2D eigenvalue weighted by Crippen LogP contribution is -2.23. The highest BCUT2D eigenvalue weighted by Crippen LogP contribution is 2.34. The second-order valence-corrected chi connectivity index (χ2v) is 8.06. The van der Waals surface area contributed by atoms with Crippen molar-refractivity contribution >= 4 is 39.3 Å². The molecule has 1 saturated heterocycles. The van der Waals surface area contributed by atoms with E-state index in [0.717, 1.165) is 10.4 Å². The van der Waals surface area contributed by atoms with Gasteiger partial charge in [0.25, 0.3) is 5.56 Å². The lowest BCUT2D eigenvalue weighted by Gasteiger charge is -2.11. The molecule has 7 heteroatoms. The standard InChI is InChI=1S/C19H16N2O3S2/c1-2-9-21-17(22)13-11-15(12-6-4-3-5-7-12)25-16(13)20-19(21)26-14-8-10-24-18(14)23/h2-7,11,14H,1,8-10H2. The van der Waals surface area contributed by atoms with Crippen molar-refractivity contribution in [2.45, 2.75) is 23.4 Å². The van der Waals surface area contributed by atoms with E-state index < -0.39 is 0 Å². The molecule has 3 aromatic rings. The van der Waals surface area contributed by atoms with Gasteiger partial charge in [0.05, 0.1) is 12.0 Å². The molecular weight excluding hydrogens is 368 g/mol. The number of aromatic nitrogens is 2. The number of thioether (sulfide) groups is 1. The first kappa shape index (κ1) is 17.1. The van der Waals surface area contributed by atoms with Crippen LogP contribution in [0.1, 0.15) is 6.42 Å². The zero-order chi connectivity index (χ0) is 18.1. The topological polar surface area (TPSA) is 61.2 Å². The minimum atomic E-state index is -0.316. The summed E-state index contributed by atoms with van der Waals surface area (Å²) in [5, 5.41) is 0.811. The molecule has 0 saturated carbocycles. The van der Waals surface area contributed by atoms with E-state index in [1.165, 1.54) is 23.1 Å². The predicted octanol–water partition coefficient (Wildman–Crippen LogP) is 3.72. The van der Waals surface area contributed by atoms with Gasteiger partial charge in [-0.3, -0.25) is 14.2 Å². The summed E-state index contributed by atoms with van der Waals surface area (Å²) in [6.45, 7) is 4.50. The Labute approximate surface area is 158 Å². The normalized spacial score (nSPS) is 16.8. The van der Waals surface area contributed by atoms with Crippen molar-refractivity contribution in [3.63, 3.8) is 0 Å². The molecule has 4 rings (SSSR count). The van der Waals surface area contributed by atoms with Crippen molar-refractivity contribution in [3.05, 3.63) is 59.4 Å². The van der Waals surface area contributed by atoms with Gasteiger partial charge >= 0.3 is 5.97 Å². The largest absolute Gasteiger partial charge is 0.465 e. The number of esters is 1. The van der Waals surface area contributed by atoms with Gasteiger partial charge in [0.15, 0.2) is 5.16 Å². The number of hydrogen-bond acceptors (Lipinski definition) is 6. The van der Waals surface area contributed by atoms with Crippen molar-refractivity contribution in [3.8, 4) is 10.4 Å². The maximum Gasteiger partial charge on any atom is 0.319 e. The Bertz CT molecular complexity index is 1040. The fraction of sp³-hybridized carbons (Fsp3) is 0.211. The summed E-state index contributed by atoms with van der Waals surface area (Å²) in [6, 6.07) is 11.8. The number of cyclic esters (lactones) is 1. The van der Waals surface area contributed by atoms with Crippen LogP contribution in [0, 0.1) is 0 Å². The van der Waals surface area contributed by atoms with Crippen molar-refractivity contribution in [2.24, 2.45) is 0 Å². The Morgan fingerprint density at radius 3 is 2.85 bits per heavy atom. The zero-order valence-electron chi connectivity index (χ0n) is 13.9. The molecule has 0 bridgehead atoms. The molecule has 0 amide bonds. The molecule has 2 aromatic heterocycles. The van der Waals surface area contributed by atoms with Crippen molar-refractivity contribution in [1.29, 1.82) is 0 Å². The lowest BCUT2D eigenvalue weighted by atomic mass is 10.2. The number of hydrogen-bond donors (Lipinski definition) is 0. The molecule has 0 aliphatic carbocycles. The molecule has 3 heterocycles. The molecule has 1 aromatic carbocycles. The third-order valence-corrected chi connectivity index (χ3v) is 6.43. The quantitative estimate of drug-likeness (QED) is 0.381. The number of carbonyl (C=O) groups excluding carboxylic acids is 1. The van der Waals surface area contributed by atoms with Crippen LogP contribution >= 0.6 is 23.1 Å². The van der Waals surface area contributed by atoms with E-state index in [9.17, 15) is 9.59 Å². The predicted molar refractivity (Wildman–Crippen MR) is 105 cm³/mol. The van der Waals surface area contributed by atoms with E-state index in [1.807, 2.05) is 36.4 Å². The summed E-state index contributed by atoms with van der Waals surface area (Å²) < 4.78 is 6.60. The highest BCUT2D eigenvalue weighted by atomic mass is 32.2. The van der Waals surface area contributed by atoms with Gasteiger partial charge in [0, 0.05) is 17.8 Å². The van der Waals surface area contributed by atoms with E-state index in [-0.39, 0.29) is 16.8 Å². The van der Waals surface area contributed by atoms with E-state index >= 15 is 0 Å². The average Bonchev–Trinajstić information content (AvgIpc) is 3.26. The minimum absolute atomic E-state index is 0.109. The van der Waals surface area contributed by atoms with Crippen LogP contribution in [0.4, 0.5) is 0 Å². The fourth-order valence-electron chi connectivity index (χ4n) is 2.83. The summed E-state index contributed by atoms with van der Waals surface area (Å²) in [7, 11) is 0. The Kier molecular flexibility index (Phi) is 4.65. The highest BCUT2D eigenvalue weighted by Gasteiger charge is 2.29. The van der Waals surface area contributed by atoms with E-state index in [0.29, 0.717) is 34.9 Å². The monoisotopic (exact) mass is 384 g/mol. The number of rotatable bonds is 5. The molecule has 0 spiro atoms. The van der Waals surface area contributed by atoms with Gasteiger partial charge in [0.2, 0.25) is 0 Å². The Morgan fingerprint density at radius 1 is 1.35 bits per heavy atom. The van der Waals surface area contributed by atoms with E-state index in [2.05, 4.69) is 11.6 Å². The summed E-state index contributed by atoms with van der Waals surface area (Å²) in [5.74, 6) is -0.245. The summed E-state index contributed by atoms with van der Waals surface area (Å²) in [4.78, 5) is 31.2. The number of nitrogens with zero attached hydrogens (tertiary/aromatic N) is 2. The van der Waals surface area contributed by atoms with Gasteiger partial charge in [0.1, 0.15) is 10.1 Å². The summed E-state index contributed by atoms with van der Waals surface area (Å²) in [5.41, 5.74) is 0.945. The average molecular weight is 384 g/mol. The molecule has 1 aliphatic heterocycles. The molecule has 26 heavy (non-hydrogen) atoms. The first-order valence-electron chi connectivity index (χ1n) is 8.21. The number of allylic oxidation sites excluding steroid dienone is 1. The van der Waals surface area contributed by atoms with E-state index in [4.69, 9.17) is 4.74 Å². The second-order valence-electron chi connectivity index (χ2n) is 5.86. The molecule has 5 nitrogen and oxygen atoms in total. The van der Waals surface area contributed by atoms with Gasteiger partial charge < -0.3 is 4.74 Å². The van der Waals surface area contributed by atoms with Crippen LogP contribution in [-0.2, 0) is 16.1 Å². The van der Waals surface area contributed by atoms with Gasteiger partial charge in [-0.25, -0.2) is 4.98 Å². The van der Waals surface area contributed by atoms with Crippen molar-refractivity contribution in [2.75, 3.05) is 6.61 Å². The summed E-state index contributed by atoms with van der Waals surface area (Å²) >= 11 is 2.78. The number of thiophene rings is 1. The maximum atomic E-state index is 13.0. The first-order chi connectivity index (χ1) is 12.7. The number of ether oxygens (including phenoxy) is 1. The SMILES string of the molecule is C=CCn1c(SC2CCOC2=O)nc2sc(-c3ccccc3)cc2c1=O. The van der Waals surface area contributed by atoms with Gasteiger partial charge in [-0.2, -0.15) is 0 Å². The van der Waals surface area contributed by atoms with E-state index in [1.54, 1.807) is 10.6 Å². The third-order valence-electron chi connectivity index (χ3n) is 4.12. The molecule has 0 radical (unpaired) electrons. The maximum absolute atomic E-state index is 13.0. The number of carbonyl (C=O) groups is 1. The van der Waals surface area contributed by atoms with Crippen LogP contribution in [-0.4, -0.2) is 27.4 Å². The second kappa shape index (κ2) is 7.09. The van der Waals surface area contributed by atoms with Crippen LogP contribution in [0.15, 0.2) is 59.0 Å². The Hall–Kier alpha value is -2.38. The Morgan fingerprint density at radius 2 is 2.15 bits per heavy atom. The first-order valence-corrected chi connectivity index (χ1v) is 9.91. The van der Waals surface area contributed by atoms with Gasteiger partial charge in [-0.15, -0.1) is 17.9 Å². The van der Waals surface area contributed by atoms with Gasteiger partial charge in [-0.1, -0.05) is 48.2 Å². The van der Waals surface area contributed by atoms with Crippen molar-refractivity contribution < 1.29 is 9.53 Å². The number of benzene rings is 1. The molecule has 0 N–H and O–H groups in total. The minimum Gasteiger partial charge on any atom is -0.465 e. The van der Waals surface area contributed by atoms with Crippen LogP contribution < -0.4 is 5.56 Å². The molecule has 1 fully saturated rings. The van der Waals surface area contributed by atoms with Crippen LogP contribution in [0.2, 0.25) is 0 Å². The number of fused-ring (bicyclic) bond motifs is 1. The van der Waals surface area contributed by atoms with Crippen LogP contribution in [0.5, 0.6) is 0 Å². The Balaban J connectivity index is 1.83. The van der Waals surface area contributed by atoms with Crippen LogP contribution in [0.3, 0.4) is 0 Å². The van der Waals surface area contributed by atoms with Gasteiger partial charge in [-0.05, 0) is 11.6 Å². The third kappa shape index (κ3) is 3.08. The zero-order valence-corrected chi connectivity index (χ0v) is 15.5. The smallest absolute Gasteiger partial charge is 0.319 e. The van der Waals surface area contributed by atoms with Crippen LogP contribution in [0.25, 0.3) is 20.7 Å². The molecule has 132 valence electrons. The molecule has 1 aliphatic rings.